The molecule has 1 amide bonds. The molecule has 0 spiro atoms. The van der Waals surface area contributed by atoms with Gasteiger partial charge in [0.25, 0.3) is 0 Å². The fraction of sp³-hybridized carbons (Fsp3) is 0.579. The maximum atomic E-state index is 13.1. The van der Waals surface area contributed by atoms with Crippen LogP contribution in [0.2, 0.25) is 5.02 Å². The first-order valence-corrected chi connectivity index (χ1v) is 9.84. The smallest absolute Gasteiger partial charge is 0.234 e. The highest BCUT2D eigenvalue weighted by Crippen LogP contribution is 2.18. The third-order valence-electron chi connectivity index (χ3n) is 4.89. The van der Waals surface area contributed by atoms with Crippen LogP contribution in [0, 0.1) is 5.82 Å². The Balaban J connectivity index is 0.00000280. The van der Waals surface area contributed by atoms with Crippen molar-refractivity contribution in [1.82, 2.24) is 20.4 Å². The fourth-order valence-electron chi connectivity index (χ4n) is 3.19. The van der Waals surface area contributed by atoms with Crippen LogP contribution in [-0.2, 0) is 11.2 Å². The summed E-state index contributed by atoms with van der Waals surface area (Å²) in [4.78, 5) is 20.7. The minimum Gasteiger partial charge on any atom is -0.356 e. The molecule has 0 aromatic heterocycles. The number of carbonyl (C=O) groups excluding carboxylic acids is 1. The highest BCUT2D eigenvalue weighted by Gasteiger charge is 2.25. The van der Waals surface area contributed by atoms with E-state index < -0.39 is 0 Å². The van der Waals surface area contributed by atoms with Crippen molar-refractivity contribution in [3.8, 4) is 0 Å². The van der Waals surface area contributed by atoms with Crippen LogP contribution in [-0.4, -0.2) is 74.0 Å². The molecule has 0 unspecified atom stereocenters. The van der Waals surface area contributed by atoms with E-state index in [0.717, 1.165) is 50.5 Å². The summed E-state index contributed by atoms with van der Waals surface area (Å²) in [6.45, 7) is 4.47. The first-order chi connectivity index (χ1) is 13.0. The Hall–Kier alpha value is -1.13. The van der Waals surface area contributed by atoms with Crippen LogP contribution in [0.3, 0.4) is 0 Å². The van der Waals surface area contributed by atoms with Crippen molar-refractivity contribution in [2.75, 3.05) is 46.3 Å². The lowest BCUT2D eigenvalue weighted by Gasteiger charge is -2.36. The van der Waals surface area contributed by atoms with Crippen molar-refractivity contribution in [1.29, 1.82) is 0 Å². The maximum Gasteiger partial charge on any atom is 0.234 e. The van der Waals surface area contributed by atoms with Gasteiger partial charge in [-0.2, -0.15) is 0 Å². The van der Waals surface area contributed by atoms with Gasteiger partial charge in [-0.1, -0.05) is 17.7 Å². The molecule has 0 bridgehead atoms. The van der Waals surface area contributed by atoms with E-state index in [1.807, 2.05) is 0 Å². The number of hydrogen-bond donors (Lipinski definition) is 2. The number of nitrogens with zero attached hydrogens (tertiary/aromatic N) is 3. The van der Waals surface area contributed by atoms with Crippen molar-refractivity contribution in [3.05, 3.63) is 34.6 Å². The number of hydrogen-bond acceptors (Lipinski definition) is 3. The van der Waals surface area contributed by atoms with Crippen LogP contribution in [0.1, 0.15) is 18.4 Å². The average molecular weight is 524 g/mol. The second-order valence-corrected chi connectivity index (χ2v) is 7.47. The summed E-state index contributed by atoms with van der Waals surface area (Å²) >= 11 is 6.07. The van der Waals surface area contributed by atoms with Crippen molar-refractivity contribution in [2.45, 2.75) is 25.3 Å². The second-order valence-electron chi connectivity index (χ2n) is 7.06. The highest BCUT2D eigenvalue weighted by molar-refractivity contribution is 14.0. The molecule has 1 saturated heterocycles. The molecule has 28 heavy (non-hydrogen) atoms. The molecule has 0 radical (unpaired) electrons. The minimum absolute atomic E-state index is 0. The summed E-state index contributed by atoms with van der Waals surface area (Å²) in [5.74, 6) is 0.649. The Morgan fingerprint density at radius 1 is 1.29 bits per heavy atom. The van der Waals surface area contributed by atoms with E-state index in [2.05, 4.69) is 25.4 Å². The largest absolute Gasteiger partial charge is 0.356 e. The Morgan fingerprint density at radius 3 is 2.61 bits per heavy atom. The van der Waals surface area contributed by atoms with E-state index in [9.17, 15) is 9.18 Å². The molecule has 2 fully saturated rings. The van der Waals surface area contributed by atoms with Gasteiger partial charge in [0.2, 0.25) is 5.91 Å². The topological polar surface area (TPSA) is 60.0 Å². The molecule has 3 rings (SSSR count). The van der Waals surface area contributed by atoms with Crippen LogP contribution in [0.5, 0.6) is 0 Å². The number of aliphatic imine (C=N–C) groups is 1. The van der Waals surface area contributed by atoms with Gasteiger partial charge < -0.3 is 15.5 Å². The third kappa shape index (κ3) is 7.04. The third-order valence-corrected chi connectivity index (χ3v) is 5.24. The normalized spacial score (nSPS) is 17.8. The van der Waals surface area contributed by atoms with E-state index in [1.54, 1.807) is 13.1 Å². The number of rotatable bonds is 6. The molecule has 1 aliphatic heterocycles. The van der Waals surface area contributed by atoms with Gasteiger partial charge in [0.1, 0.15) is 5.82 Å². The number of amides is 1. The van der Waals surface area contributed by atoms with Crippen LogP contribution in [0.15, 0.2) is 23.2 Å². The molecule has 6 nitrogen and oxygen atoms in total. The number of benzene rings is 1. The predicted octanol–water partition coefficient (Wildman–Crippen LogP) is 2.11. The fourth-order valence-corrected chi connectivity index (χ4v) is 3.45. The summed E-state index contributed by atoms with van der Waals surface area (Å²) in [7, 11) is 1.77. The molecular weight excluding hydrogens is 496 g/mol. The standard InChI is InChI=1S/C19H27ClFN5O.HI/c1-22-19(23-7-6-14-2-3-15(21)12-17(14)20)26-10-8-25(9-11-26)13-18(27)24-16-4-5-16;/h2-3,12,16H,4-11,13H2,1H3,(H,22,23)(H,24,27);1H. The maximum absolute atomic E-state index is 13.1. The number of nitrogens with one attached hydrogen (secondary N) is 2. The molecule has 156 valence electrons. The van der Waals surface area contributed by atoms with Gasteiger partial charge in [0.05, 0.1) is 6.54 Å². The van der Waals surface area contributed by atoms with Crippen molar-refractivity contribution < 1.29 is 9.18 Å². The van der Waals surface area contributed by atoms with Crippen LogP contribution < -0.4 is 10.6 Å². The lowest BCUT2D eigenvalue weighted by atomic mass is 10.1. The molecular formula is C19H28ClFIN5O. The van der Waals surface area contributed by atoms with Crippen molar-refractivity contribution >= 4 is 47.4 Å². The zero-order valence-electron chi connectivity index (χ0n) is 16.1. The zero-order chi connectivity index (χ0) is 19.2. The first kappa shape index (κ1) is 23.2. The van der Waals surface area contributed by atoms with Gasteiger partial charge in [-0.25, -0.2) is 4.39 Å². The molecule has 1 aromatic carbocycles. The molecule has 2 N–H and O–H groups in total. The van der Waals surface area contributed by atoms with E-state index >= 15 is 0 Å². The SMILES string of the molecule is CN=C(NCCc1ccc(F)cc1Cl)N1CCN(CC(=O)NC2CC2)CC1.I. The second kappa shape index (κ2) is 11.2. The molecule has 1 aliphatic carbocycles. The predicted molar refractivity (Wildman–Crippen MR) is 121 cm³/mol. The summed E-state index contributed by atoms with van der Waals surface area (Å²) in [5, 5.41) is 6.83. The van der Waals surface area contributed by atoms with Gasteiger partial charge >= 0.3 is 0 Å². The summed E-state index contributed by atoms with van der Waals surface area (Å²) in [6, 6.07) is 4.89. The molecule has 0 atom stereocenters. The molecule has 9 heteroatoms. The summed E-state index contributed by atoms with van der Waals surface area (Å²) in [6.07, 6.45) is 2.93. The average Bonchev–Trinajstić information content (AvgIpc) is 3.45. The Labute approximate surface area is 187 Å². The molecule has 1 heterocycles. The van der Waals surface area contributed by atoms with Crippen molar-refractivity contribution in [3.63, 3.8) is 0 Å². The van der Waals surface area contributed by atoms with Crippen LogP contribution in [0.4, 0.5) is 4.39 Å². The molecule has 1 aromatic rings. The number of halogens is 3. The number of carbonyl (C=O) groups is 1. The van der Waals surface area contributed by atoms with E-state index in [1.165, 1.54) is 12.1 Å². The molecule has 2 aliphatic rings. The highest BCUT2D eigenvalue weighted by atomic mass is 127. The minimum atomic E-state index is -0.323. The monoisotopic (exact) mass is 523 g/mol. The van der Waals surface area contributed by atoms with E-state index in [4.69, 9.17) is 11.6 Å². The Bertz CT molecular complexity index is 693. The van der Waals surface area contributed by atoms with E-state index in [0.29, 0.717) is 30.6 Å². The Kier molecular flexibility index (Phi) is 9.23. The first-order valence-electron chi connectivity index (χ1n) is 9.46. The van der Waals surface area contributed by atoms with Gasteiger partial charge in [-0.15, -0.1) is 24.0 Å². The van der Waals surface area contributed by atoms with Crippen molar-refractivity contribution in [2.24, 2.45) is 4.99 Å². The summed E-state index contributed by atoms with van der Waals surface area (Å²) in [5.41, 5.74) is 0.910. The van der Waals surface area contributed by atoms with Crippen LogP contribution in [0.25, 0.3) is 0 Å². The van der Waals surface area contributed by atoms with Crippen LogP contribution >= 0.6 is 35.6 Å². The quantitative estimate of drug-likeness (QED) is 0.341. The lowest BCUT2D eigenvalue weighted by Crippen LogP contribution is -2.54. The lowest BCUT2D eigenvalue weighted by molar-refractivity contribution is -0.122. The molecule has 1 saturated carbocycles. The summed E-state index contributed by atoms with van der Waals surface area (Å²) < 4.78 is 13.1. The number of guanidine groups is 1. The van der Waals surface area contributed by atoms with Gasteiger partial charge in [0, 0.05) is 50.8 Å². The Morgan fingerprint density at radius 2 is 2.00 bits per heavy atom. The van der Waals surface area contributed by atoms with Gasteiger partial charge in [-0.05, 0) is 37.0 Å². The zero-order valence-corrected chi connectivity index (χ0v) is 19.2. The van der Waals surface area contributed by atoms with Gasteiger partial charge in [0.15, 0.2) is 5.96 Å². The number of piperazine rings is 1. The van der Waals surface area contributed by atoms with E-state index in [-0.39, 0.29) is 35.7 Å². The van der Waals surface area contributed by atoms with Gasteiger partial charge in [-0.3, -0.25) is 14.7 Å².